The maximum absolute atomic E-state index is 10.8. The second-order valence-electron chi connectivity index (χ2n) is 6.08. The van der Waals surface area contributed by atoms with Gasteiger partial charge in [-0.3, -0.25) is 4.40 Å². The minimum absolute atomic E-state index is 0.554. The van der Waals surface area contributed by atoms with Crippen LogP contribution >= 0.6 is 11.3 Å². The van der Waals surface area contributed by atoms with Crippen LogP contribution in [-0.4, -0.2) is 20.1 Å². The number of rotatable bonds is 2. The Morgan fingerprint density at radius 2 is 2.17 bits per heavy atom. The molecule has 18 heavy (non-hydrogen) atoms. The molecular formula is C14H20N2OS. The number of hydrogen-bond acceptors (Lipinski definition) is 3. The number of aliphatic hydroxyl groups is 1. The van der Waals surface area contributed by atoms with Crippen LogP contribution in [0, 0.1) is 11.8 Å². The van der Waals surface area contributed by atoms with Gasteiger partial charge in [0.15, 0.2) is 4.96 Å². The average Bonchev–Trinajstić information content (AvgIpc) is 2.73. The number of aromatic nitrogens is 2. The number of nitrogens with zero attached hydrogens (tertiary/aromatic N) is 2. The molecule has 2 atom stereocenters. The summed E-state index contributed by atoms with van der Waals surface area (Å²) in [4.78, 5) is 5.60. The lowest BCUT2D eigenvalue weighted by Crippen LogP contribution is -2.39. The van der Waals surface area contributed by atoms with E-state index in [9.17, 15) is 5.11 Å². The lowest BCUT2D eigenvalue weighted by atomic mass is 9.72. The fraction of sp³-hybridized carbons (Fsp3) is 0.643. The van der Waals surface area contributed by atoms with E-state index in [1.165, 1.54) is 6.42 Å². The molecule has 1 N–H and O–H groups in total. The van der Waals surface area contributed by atoms with Gasteiger partial charge in [0.1, 0.15) is 0 Å². The fourth-order valence-corrected chi connectivity index (χ4v) is 4.30. The Morgan fingerprint density at radius 3 is 2.83 bits per heavy atom. The Morgan fingerprint density at radius 1 is 1.44 bits per heavy atom. The van der Waals surface area contributed by atoms with E-state index in [2.05, 4.69) is 18.8 Å². The van der Waals surface area contributed by atoms with Crippen molar-refractivity contribution in [1.29, 1.82) is 0 Å². The molecule has 3 nitrogen and oxygen atoms in total. The summed E-state index contributed by atoms with van der Waals surface area (Å²) >= 11 is 1.64. The molecule has 1 saturated carbocycles. The van der Waals surface area contributed by atoms with E-state index in [0.717, 1.165) is 23.5 Å². The van der Waals surface area contributed by atoms with E-state index in [1.807, 2.05) is 22.2 Å². The van der Waals surface area contributed by atoms with Gasteiger partial charge in [-0.15, -0.1) is 11.3 Å². The Hall–Kier alpha value is -0.870. The van der Waals surface area contributed by atoms with E-state index >= 15 is 0 Å². The Balaban J connectivity index is 1.80. The SMILES string of the molecule is CC1CC(C)CC(O)(Cc2cn3ccsc3n2)C1. The molecule has 2 heterocycles. The van der Waals surface area contributed by atoms with Crippen molar-refractivity contribution in [3.8, 4) is 0 Å². The molecule has 2 unspecified atom stereocenters. The van der Waals surface area contributed by atoms with E-state index < -0.39 is 5.60 Å². The molecule has 98 valence electrons. The van der Waals surface area contributed by atoms with Gasteiger partial charge in [-0.1, -0.05) is 13.8 Å². The van der Waals surface area contributed by atoms with Crippen molar-refractivity contribution < 1.29 is 5.11 Å². The molecule has 0 saturated heterocycles. The molecule has 0 spiro atoms. The van der Waals surface area contributed by atoms with Crippen LogP contribution in [0.3, 0.4) is 0 Å². The topological polar surface area (TPSA) is 37.5 Å². The van der Waals surface area contributed by atoms with Gasteiger partial charge in [0.2, 0.25) is 0 Å². The largest absolute Gasteiger partial charge is 0.389 e. The molecule has 0 aromatic carbocycles. The van der Waals surface area contributed by atoms with Crippen molar-refractivity contribution in [3.63, 3.8) is 0 Å². The van der Waals surface area contributed by atoms with Gasteiger partial charge in [-0.2, -0.15) is 0 Å². The third kappa shape index (κ3) is 2.31. The highest BCUT2D eigenvalue weighted by Gasteiger charge is 2.36. The maximum atomic E-state index is 10.8. The van der Waals surface area contributed by atoms with E-state index in [0.29, 0.717) is 18.3 Å². The molecule has 0 aliphatic heterocycles. The highest BCUT2D eigenvalue weighted by Crippen LogP contribution is 2.37. The highest BCUT2D eigenvalue weighted by atomic mass is 32.1. The first kappa shape index (κ1) is 12.2. The second kappa shape index (κ2) is 4.35. The summed E-state index contributed by atoms with van der Waals surface area (Å²) in [5.74, 6) is 1.23. The average molecular weight is 264 g/mol. The monoisotopic (exact) mass is 264 g/mol. The Labute approximate surface area is 111 Å². The van der Waals surface area contributed by atoms with Crippen LogP contribution in [0.25, 0.3) is 4.96 Å². The molecule has 1 aliphatic rings. The zero-order valence-electron chi connectivity index (χ0n) is 11.0. The molecule has 2 aromatic heterocycles. The third-order valence-electron chi connectivity index (χ3n) is 3.91. The van der Waals surface area contributed by atoms with Crippen molar-refractivity contribution in [3.05, 3.63) is 23.5 Å². The first-order chi connectivity index (χ1) is 8.54. The van der Waals surface area contributed by atoms with Crippen molar-refractivity contribution in [2.45, 2.75) is 45.1 Å². The molecule has 0 amide bonds. The molecule has 3 rings (SSSR count). The minimum atomic E-state index is -0.554. The molecule has 0 radical (unpaired) electrons. The number of imidazole rings is 1. The van der Waals surface area contributed by atoms with Crippen LogP contribution < -0.4 is 0 Å². The fourth-order valence-electron chi connectivity index (χ4n) is 3.58. The summed E-state index contributed by atoms with van der Waals surface area (Å²) in [6.07, 6.45) is 7.81. The zero-order chi connectivity index (χ0) is 12.8. The minimum Gasteiger partial charge on any atom is -0.389 e. The number of hydrogen-bond donors (Lipinski definition) is 1. The summed E-state index contributed by atoms with van der Waals surface area (Å²) in [6.45, 7) is 4.48. The van der Waals surface area contributed by atoms with Crippen molar-refractivity contribution in [2.75, 3.05) is 0 Å². The molecule has 1 fully saturated rings. The number of thiazole rings is 1. The first-order valence-electron chi connectivity index (χ1n) is 6.67. The van der Waals surface area contributed by atoms with Crippen LogP contribution in [-0.2, 0) is 6.42 Å². The summed E-state index contributed by atoms with van der Waals surface area (Å²) in [7, 11) is 0. The van der Waals surface area contributed by atoms with E-state index in [4.69, 9.17) is 0 Å². The highest BCUT2D eigenvalue weighted by molar-refractivity contribution is 7.15. The predicted molar refractivity (Wildman–Crippen MR) is 73.9 cm³/mol. The standard InChI is InChI=1S/C14H20N2OS/c1-10-5-11(2)7-14(17,6-10)8-12-9-16-3-4-18-13(16)15-12/h3-4,9-11,17H,5-8H2,1-2H3. The first-order valence-corrected chi connectivity index (χ1v) is 7.55. The van der Waals surface area contributed by atoms with Crippen molar-refractivity contribution in [1.82, 2.24) is 9.38 Å². The van der Waals surface area contributed by atoms with Gasteiger partial charge in [0.05, 0.1) is 11.3 Å². The Kier molecular flexibility index (Phi) is 2.94. The third-order valence-corrected chi connectivity index (χ3v) is 4.69. The summed E-state index contributed by atoms with van der Waals surface area (Å²) in [5, 5.41) is 12.8. The number of fused-ring (bicyclic) bond motifs is 1. The summed E-state index contributed by atoms with van der Waals surface area (Å²) in [5.41, 5.74) is 0.465. The van der Waals surface area contributed by atoms with Crippen LogP contribution in [0.1, 0.15) is 38.8 Å². The van der Waals surface area contributed by atoms with Gasteiger partial charge in [-0.25, -0.2) is 4.98 Å². The van der Waals surface area contributed by atoms with Gasteiger partial charge < -0.3 is 5.11 Å². The quantitative estimate of drug-likeness (QED) is 0.905. The Bertz CT molecular complexity index is 506. The lowest BCUT2D eigenvalue weighted by molar-refractivity contribution is -0.0310. The van der Waals surface area contributed by atoms with Gasteiger partial charge in [0, 0.05) is 24.2 Å². The normalized spacial score (nSPS) is 33.1. The van der Waals surface area contributed by atoms with Gasteiger partial charge in [-0.05, 0) is 31.1 Å². The van der Waals surface area contributed by atoms with Gasteiger partial charge in [0.25, 0.3) is 0 Å². The molecule has 2 aromatic rings. The molecular weight excluding hydrogens is 244 g/mol. The van der Waals surface area contributed by atoms with Crippen LogP contribution in [0.15, 0.2) is 17.8 Å². The summed E-state index contributed by atoms with van der Waals surface area (Å²) in [6, 6.07) is 0. The summed E-state index contributed by atoms with van der Waals surface area (Å²) < 4.78 is 2.04. The van der Waals surface area contributed by atoms with Crippen LogP contribution in [0.2, 0.25) is 0 Å². The van der Waals surface area contributed by atoms with Crippen LogP contribution in [0.4, 0.5) is 0 Å². The van der Waals surface area contributed by atoms with Crippen molar-refractivity contribution in [2.24, 2.45) is 11.8 Å². The molecule has 1 aliphatic carbocycles. The van der Waals surface area contributed by atoms with E-state index in [-0.39, 0.29) is 0 Å². The van der Waals surface area contributed by atoms with Crippen LogP contribution in [0.5, 0.6) is 0 Å². The predicted octanol–water partition coefficient (Wildman–Crippen LogP) is 3.13. The van der Waals surface area contributed by atoms with Gasteiger partial charge >= 0.3 is 0 Å². The maximum Gasteiger partial charge on any atom is 0.193 e. The lowest BCUT2D eigenvalue weighted by Gasteiger charge is -2.38. The zero-order valence-corrected chi connectivity index (χ0v) is 11.8. The smallest absolute Gasteiger partial charge is 0.193 e. The van der Waals surface area contributed by atoms with E-state index in [1.54, 1.807) is 11.3 Å². The molecule has 0 bridgehead atoms. The van der Waals surface area contributed by atoms with Crippen molar-refractivity contribution >= 4 is 16.3 Å². The molecule has 4 heteroatoms. The second-order valence-corrected chi connectivity index (χ2v) is 6.95.